The third-order valence-electron chi connectivity index (χ3n) is 4.22. The van der Waals surface area contributed by atoms with Crippen molar-refractivity contribution in [2.24, 2.45) is 5.73 Å². The average Bonchev–Trinajstić information content (AvgIpc) is 2.55. The molecule has 0 spiro atoms. The molecule has 3 rings (SSSR count). The number of fused-ring (bicyclic) bond motifs is 2. The highest BCUT2D eigenvalue weighted by atomic mass is 16.1. The predicted octanol–water partition coefficient (Wildman–Crippen LogP) is 2.46. The lowest BCUT2D eigenvalue weighted by atomic mass is 9.81. The summed E-state index contributed by atoms with van der Waals surface area (Å²) in [5.74, 6) is -0.379. The summed E-state index contributed by atoms with van der Waals surface area (Å²) in [4.78, 5) is 25.6. The predicted molar refractivity (Wildman–Crippen MR) is 90.8 cm³/mol. The number of hydrogen-bond donors (Lipinski definition) is 3. The van der Waals surface area contributed by atoms with Crippen LogP contribution in [0.1, 0.15) is 50.8 Å². The fourth-order valence-corrected chi connectivity index (χ4v) is 2.93. The number of ketones is 2. The van der Waals surface area contributed by atoms with Gasteiger partial charge < -0.3 is 16.8 Å². The molecule has 118 valence electrons. The number of rotatable bonds is 3. The third-order valence-corrected chi connectivity index (χ3v) is 4.22. The van der Waals surface area contributed by atoms with Crippen molar-refractivity contribution in [2.75, 3.05) is 11.1 Å². The quantitative estimate of drug-likeness (QED) is 0.510. The molecule has 0 amide bonds. The van der Waals surface area contributed by atoms with Crippen molar-refractivity contribution < 1.29 is 9.59 Å². The van der Waals surface area contributed by atoms with Gasteiger partial charge in [-0.1, -0.05) is 31.2 Å². The molecule has 0 heterocycles. The van der Waals surface area contributed by atoms with Crippen molar-refractivity contribution in [1.29, 1.82) is 0 Å². The minimum Gasteiger partial charge on any atom is -0.396 e. The number of nitrogen functional groups attached to an aromatic ring is 1. The number of hydrogen-bond acceptors (Lipinski definition) is 5. The standard InChI is InChI=1S/C18H19N3O2/c1-3-13(19)21-12-8-9(2)14-15(16(12)20)18(23)11-7-5-4-6-10(11)17(14)22/h4-8,13,21H,3,19-20H2,1-2H3. The van der Waals surface area contributed by atoms with Crippen molar-refractivity contribution >= 4 is 22.9 Å². The molecule has 0 aliphatic heterocycles. The molecule has 0 saturated heterocycles. The SMILES string of the molecule is CCC(N)Nc1cc(C)c2c(c1N)C(=O)c1ccccc1C2=O. The topological polar surface area (TPSA) is 98.2 Å². The summed E-state index contributed by atoms with van der Waals surface area (Å²) in [6.45, 7) is 3.75. The summed E-state index contributed by atoms with van der Waals surface area (Å²) in [6.07, 6.45) is 0.446. The van der Waals surface area contributed by atoms with Crippen LogP contribution in [-0.4, -0.2) is 17.7 Å². The molecule has 2 aromatic rings. The summed E-state index contributed by atoms with van der Waals surface area (Å²) in [7, 11) is 0. The highest BCUT2D eigenvalue weighted by molar-refractivity contribution is 6.31. The number of anilines is 2. The zero-order valence-electron chi connectivity index (χ0n) is 13.1. The first kappa shape index (κ1) is 15.2. The fraction of sp³-hybridized carbons (Fsp3) is 0.222. The molecular weight excluding hydrogens is 290 g/mol. The van der Waals surface area contributed by atoms with Crippen molar-refractivity contribution in [2.45, 2.75) is 26.4 Å². The summed E-state index contributed by atoms with van der Waals surface area (Å²) in [6, 6.07) is 8.61. The van der Waals surface area contributed by atoms with Crippen LogP contribution in [0.4, 0.5) is 11.4 Å². The number of nitrogens with one attached hydrogen (secondary N) is 1. The lowest BCUT2D eigenvalue weighted by Gasteiger charge is -2.24. The molecule has 1 aliphatic carbocycles. The Kier molecular flexibility index (Phi) is 3.66. The van der Waals surface area contributed by atoms with Gasteiger partial charge >= 0.3 is 0 Å². The van der Waals surface area contributed by atoms with Gasteiger partial charge in [-0.2, -0.15) is 0 Å². The summed E-state index contributed by atoms with van der Waals surface area (Å²) in [5, 5.41) is 3.10. The lowest BCUT2D eigenvalue weighted by Crippen LogP contribution is -2.30. The summed E-state index contributed by atoms with van der Waals surface area (Å²) >= 11 is 0. The van der Waals surface area contributed by atoms with Crippen LogP contribution >= 0.6 is 0 Å². The zero-order chi connectivity index (χ0) is 16.7. The monoisotopic (exact) mass is 309 g/mol. The van der Waals surface area contributed by atoms with E-state index in [-0.39, 0.29) is 29.0 Å². The molecule has 5 heteroatoms. The number of aryl methyl sites for hydroxylation is 1. The van der Waals surface area contributed by atoms with Crippen molar-refractivity contribution in [1.82, 2.24) is 0 Å². The number of carbonyl (C=O) groups is 2. The molecule has 1 atom stereocenters. The first-order valence-electron chi connectivity index (χ1n) is 7.59. The van der Waals surface area contributed by atoms with E-state index >= 15 is 0 Å². The Balaban J connectivity index is 2.22. The molecule has 0 radical (unpaired) electrons. The molecule has 23 heavy (non-hydrogen) atoms. The van der Waals surface area contributed by atoms with Crippen LogP contribution < -0.4 is 16.8 Å². The van der Waals surface area contributed by atoms with Crippen molar-refractivity contribution in [3.05, 3.63) is 58.1 Å². The Morgan fingerprint density at radius 3 is 2.22 bits per heavy atom. The van der Waals surface area contributed by atoms with E-state index in [0.717, 1.165) is 0 Å². The molecule has 5 nitrogen and oxygen atoms in total. The second-order valence-corrected chi connectivity index (χ2v) is 5.77. The molecule has 0 bridgehead atoms. The highest BCUT2D eigenvalue weighted by Crippen LogP contribution is 2.37. The zero-order valence-corrected chi connectivity index (χ0v) is 13.1. The van der Waals surface area contributed by atoms with Gasteiger partial charge in [0, 0.05) is 16.7 Å². The molecular formula is C18H19N3O2. The van der Waals surface area contributed by atoms with E-state index in [0.29, 0.717) is 34.4 Å². The fourth-order valence-electron chi connectivity index (χ4n) is 2.93. The molecule has 1 aliphatic rings. The second-order valence-electron chi connectivity index (χ2n) is 5.77. The maximum Gasteiger partial charge on any atom is 0.196 e. The summed E-state index contributed by atoms with van der Waals surface area (Å²) in [5.41, 5.74) is 15.2. The molecule has 5 N–H and O–H groups in total. The first-order valence-corrected chi connectivity index (χ1v) is 7.59. The van der Waals surface area contributed by atoms with Gasteiger partial charge in [0.2, 0.25) is 0 Å². The molecule has 2 aromatic carbocycles. The number of carbonyl (C=O) groups excluding carboxylic acids is 2. The summed E-state index contributed by atoms with van der Waals surface area (Å²) < 4.78 is 0. The van der Waals surface area contributed by atoms with Crippen LogP contribution in [0.15, 0.2) is 30.3 Å². The van der Waals surface area contributed by atoms with Gasteiger partial charge in [0.25, 0.3) is 0 Å². The highest BCUT2D eigenvalue weighted by Gasteiger charge is 2.33. The van der Waals surface area contributed by atoms with Gasteiger partial charge in [-0.15, -0.1) is 0 Å². The van der Waals surface area contributed by atoms with Crippen molar-refractivity contribution in [3.8, 4) is 0 Å². The Morgan fingerprint density at radius 1 is 1.09 bits per heavy atom. The Morgan fingerprint density at radius 2 is 1.65 bits per heavy atom. The van der Waals surface area contributed by atoms with Crippen LogP contribution in [0.2, 0.25) is 0 Å². The van der Waals surface area contributed by atoms with E-state index in [9.17, 15) is 9.59 Å². The van der Waals surface area contributed by atoms with Crippen LogP contribution in [0, 0.1) is 6.92 Å². The van der Waals surface area contributed by atoms with Gasteiger partial charge in [-0.05, 0) is 25.0 Å². The molecule has 0 saturated carbocycles. The molecule has 0 aromatic heterocycles. The molecule has 0 fully saturated rings. The van der Waals surface area contributed by atoms with Crippen LogP contribution in [0.5, 0.6) is 0 Å². The minimum absolute atomic E-state index is 0.161. The smallest absolute Gasteiger partial charge is 0.196 e. The second kappa shape index (κ2) is 5.52. The van der Waals surface area contributed by atoms with Crippen LogP contribution in [-0.2, 0) is 0 Å². The number of benzene rings is 2. The Labute approximate surface area is 134 Å². The van der Waals surface area contributed by atoms with Gasteiger partial charge in [0.15, 0.2) is 11.6 Å². The van der Waals surface area contributed by atoms with E-state index in [1.807, 2.05) is 6.92 Å². The Hall–Kier alpha value is -2.66. The largest absolute Gasteiger partial charge is 0.396 e. The van der Waals surface area contributed by atoms with E-state index < -0.39 is 0 Å². The lowest BCUT2D eigenvalue weighted by molar-refractivity contribution is 0.0979. The van der Waals surface area contributed by atoms with Gasteiger partial charge in [0.1, 0.15) is 0 Å². The van der Waals surface area contributed by atoms with Gasteiger partial charge in [-0.25, -0.2) is 0 Å². The Bertz CT molecular complexity index is 827. The third kappa shape index (κ3) is 2.29. The first-order chi connectivity index (χ1) is 11.0. The van der Waals surface area contributed by atoms with Gasteiger partial charge in [-0.3, -0.25) is 9.59 Å². The van der Waals surface area contributed by atoms with Crippen LogP contribution in [0.3, 0.4) is 0 Å². The van der Waals surface area contributed by atoms with E-state index in [1.54, 1.807) is 37.3 Å². The maximum absolute atomic E-state index is 12.8. The number of nitrogens with two attached hydrogens (primary N) is 2. The van der Waals surface area contributed by atoms with Crippen LogP contribution in [0.25, 0.3) is 0 Å². The van der Waals surface area contributed by atoms with E-state index in [2.05, 4.69) is 5.32 Å². The van der Waals surface area contributed by atoms with Gasteiger partial charge in [0.05, 0.1) is 23.1 Å². The normalized spacial score (nSPS) is 14.2. The minimum atomic E-state index is -0.267. The molecule has 1 unspecified atom stereocenters. The average molecular weight is 309 g/mol. The van der Waals surface area contributed by atoms with E-state index in [1.165, 1.54) is 0 Å². The van der Waals surface area contributed by atoms with E-state index in [4.69, 9.17) is 11.5 Å². The maximum atomic E-state index is 12.8. The van der Waals surface area contributed by atoms with Crippen molar-refractivity contribution in [3.63, 3.8) is 0 Å².